The number of carbonyl (C=O) groups is 1. The lowest BCUT2D eigenvalue weighted by atomic mass is 10.2. The minimum Gasteiger partial charge on any atom is -0.339 e. The fourth-order valence-electron chi connectivity index (χ4n) is 3.09. The second-order valence-corrected chi connectivity index (χ2v) is 5.78. The van der Waals surface area contributed by atoms with Crippen LogP contribution in [-0.4, -0.2) is 64.0 Å². The van der Waals surface area contributed by atoms with Crippen molar-refractivity contribution in [3.8, 4) is 0 Å². The number of rotatable bonds is 4. The first-order valence-corrected chi connectivity index (χ1v) is 7.69. The molecule has 2 fully saturated rings. The van der Waals surface area contributed by atoms with Crippen LogP contribution in [0.15, 0.2) is 12.4 Å². The van der Waals surface area contributed by atoms with Gasteiger partial charge in [-0.2, -0.15) is 8.78 Å². The predicted molar refractivity (Wildman–Crippen MR) is 90.9 cm³/mol. The Morgan fingerprint density at radius 3 is 2.58 bits per heavy atom. The van der Waals surface area contributed by atoms with Gasteiger partial charge in [0.1, 0.15) is 5.82 Å². The Bertz CT molecular complexity index is 517. The molecule has 2 aliphatic heterocycles. The molecule has 2 aliphatic rings. The van der Waals surface area contributed by atoms with Gasteiger partial charge in [0.2, 0.25) is 5.91 Å². The van der Waals surface area contributed by atoms with Gasteiger partial charge >= 0.3 is 6.55 Å². The number of carbonyl (C=O) groups excluding carboxylic acids is 1. The summed E-state index contributed by atoms with van der Waals surface area (Å²) in [5.41, 5.74) is 0. The van der Waals surface area contributed by atoms with Crippen LogP contribution in [0, 0.1) is 0 Å². The lowest BCUT2D eigenvalue weighted by Crippen LogP contribution is -2.52. The highest BCUT2D eigenvalue weighted by atomic mass is 35.5. The molecule has 0 aromatic carbocycles. The van der Waals surface area contributed by atoms with Crippen molar-refractivity contribution >= 4 is 30.7 Å². The van der Waals surface area contributed by atoms with Gasteiger partial charge in [0.15, 0.2) is 0 Å². The Hall–Kier alpha value is -0.960. The van der Waals surface area contributed by atoms with Crippen LogP contribution >= 0.6 is 24.8 Å². The first-order chi connectivity index (χ1) is 10.6. The van der Waals surface area contributed by atoms with Gasteiger partial charge in [-0.05, 0) is 19.4 Å². The van der Waals surface area contributed by atoms with Crippen molar-refractivity contribution in [2.75, 3.05) is 32.7 Å². The molecule has 6 nitrogen and oxygen atoms in total. The molecule has 0 bridgehead atoms. The standard InChI is InChI=1S/C14H21F2N5O.2ClH/c15-14(16)21-5-4-18-12(21)10-19-6-8-20(9-7-19)13(22)11-2-1-3-17-11;;/h4-5,11,14,17H,1-3,6-10H2;2*1H. The zero-order valence-corrected chi connectivity index (χ0v) is 14.9. The van der Waals surface area contributed by atoms with Crippen molar-refractivity contribution in [1.82, 2.24) is 24.7 Å². The number of hydrogen-bond donors (Lipinski definition) is 1. The second-order valence-electron chi connectivity index (χ2n) is 5.78. The summed E-state index contributed by atoms with van der Waals surface area (Å²) in [7, 11) is 0. The van der Waals surface area contributed by atoms with Crippen LogP contribution in [0.3, 0.4) is 0 Å². The highest BCUT2D eigenvalue weighted by Crippen LogP contribution is 2.16. The number of imidazole rings is 1. The minimum atomic E-state index is -2.56. The zero-order chi connectivity index (χ0) is 15.5. The number of aromatic nitrogens is 2. The van der Waals surface area contributed by atoms with E-state index in [1.165, 1.54) is 12.4 Å². The van der Waals surface area contributed by atoms with Crippen molar-refractivity contribution in [3.05, 3.63) is 18.2 Å². The molecule has 24 heavy (non-hydrogen) atoms. The Labute approximate surface area is 152 Å². The number of piperazine rings is 1. The van der Waals surface area contributed by atoms with Gasteiger partial charge in [0, 0.05) is 38.6 Å². The van der Waals surface area contributed by atoms with Gasteiger partial charge < -0.3 is 10.2 Å². The predicted octanol–water partition coefficient (Wildman–Crippen LogP) is 1.52. The summed E-state index contributed by atoms with van der Waals surface area (Å²) in [6, 6.07) is -0.0377. The van der Waals surface area contributed by atoms with E-state index in [1.54, 1.807) is 0 Å². The molecule has 1 unspecified atom stereocenters. The molecule has 0 radical (unpaired) electrons. The van der Waals surface area contributed by atoms with E-state index in [9.17, 15) is 13.6 Å². The topological polar surface area (TPSA) is 53.4 Å². The van der Waals surface area contributed by atoms with Crippen LogP contribution in [-0.2, 0) is 11.3 Å². The highest BCUT2D eigenvalue weighted by Gasteiger charge is 2.29. The molecule has 1 aromatic rings. The molecule has 1 amide bonds. The number of halogens is 4. The van der Waals surface area contributed by atoms with Crippen LogP contribution in [0.5, 0.6) is 0 Å². The van der Waals surface area contributed by atoms with E-state index in [0.29, 0.717) is 38.5 Å². The Morgan fingerprint density at radius 2 is 2.00 bits per heavy atom. The molecule has 0 spiro atoms. The lowest BCUT2D eigenvalue weighted by molar-refractivity contribution is -0.134. The van der Waals surface area contributed by atoms with Crippen molar-refractivity contribution in [1.29, 1.82) is 0 Å². The number of alkyl halides is 2. The molecular weight excluding hydrogens is 363 g/mol. The smallest absolute Gasteiger partial charge is 0.319 e. The third-order valence-electron chi connectivity index (χ3n) is 4.37. The minimum absolute atomic E-state index is 0. The number of nitrogens with one attached hydrogen (secondary N) is 1. The first kappa shape index (κ1) is 21.1. The first-order valence-electron chi connectivity index (χ1n) is 7.69. The molecule has 2 saturated heterocycles. The van der Waals surface area contributed by atoms with Gasteiger partial charge in [0.05, 0.1) is 12.6 Å². The van der Waals surface area contributed by atoms with Gasteiger partial charge in [0.25, 0.3) is 0 Å². The molecule has 1 N–H and O–H groups in total. The van der Waals surface area contributed by atoms with E-state index in [0.717, 1.165) is 24.0 Å². The quantitative estimate of drug-likeness (QED) is 0.853. The molecular formula is C14H23Cl2F2N5O. The Balaban J connectivity index is 0.00000144. The van der Waals surface area contributed by atoms with Crippen molar-refractivity contribution in [2.45, 2.75) is 32.0 Å². The van der Waals surface area contributed by atoms with E-state index in [1.807, 2.05) is 4.90 Å². The third kappa shape index (κ3) is 4.78. The number of hydrogen-bond acceptors (Lipinski definition) is 4. The van der Waals surface area contributed by atoms with Gasteiger partial charge in [-0.1, -0.05) is 0 Å². The lowest BCUT2D eigenvalue weighted by Gasteiger charge is -2.35. The summed E-state index contributed by atoms with van der Waals surface area (Å²) in [5.74, 6) is 0.540. The van der Waals surface area contributed by atoms with E-state index < -0.39 is 6.55 Å². The molecule has 0 aliphatic carbocycles. The number of nitrogens with zero attached hydrogens (tertiary/aromatic N) is 4. The Kier molecular flexibility index (Phi) is 8.35. The maximum absolute atomic E-state index is 12.8. The fourth-order valence-corrected chi connectivity index (χ4v) is 3.09. The van der Waals surface area contributed by atoms with Gasteiger partial charge in [-0.25, -0.2) is 4.98 Å². The summed E-state index contributed by atoms with van der Waals surface area (Å²) in [6.07, 6.45) is 4.65. The van der Waals surface area contributed by atoms with Crippen LogP contribution < -0.4 is 5.32 Å². The summed E-state index contributed by atoms with van der Waals surface area (Å²) < 4.78 is 26.5. The van der Waals surface area contributed by atoms with Crippen LogP contribution in [0.4, 0.5) is 8.78 Å². The van der Waals surface area contributed by atoms with E-state index in [-0.39, 0.29) is 36.8 Å². The van der Waals surface area contributed by atoms with Crippen LogP contribution in [0.25, 0.3) is 0 Å². The molecule has 3 heterocycles. The van der Waals surface area contributed by atoms with Crippen molar-refractivity contribution in [2.24, 2.45) is 0 Å². The van der Waals surface area contributed by atoms with Gasteiger partial charge in [-0.3, -0.25) is 14.3 Å². The largest absolute Gasteiger partial charge is 0.339 e. The van der Waals surface area contributed by atoms with Crippen molar-refractivity contribution < 1.29 is 13.6 Å². The molecule has 1 atom stereocenters. The zero-order valence-electron chi connectivity index (χ0n) is 13.2. The monoisotopic (exact) mass is 385 g/mol. The third-order valence-corrected chi connectivity index (χ3v) is 4.37. The average molecular weight is 386 g/mol. The molecule has 0 saturated carbocycles. The van der Waals surface area contributed by atoms with E-state index >= 15 is 0 Å². The maximum atomic E-state index is 12.8. The Morgan fingerprint density at radius 1 is 1.29 bits per heavy atom. The SMILES string of the molecule is Cl.Cl.O=C(C1CCCN1)N1CCN(Cc2nccn2C(F)F)CC1. The van der Waals surface area contributed by atoms with Gasteiger partial charge in [-0.15, -0.1) is 24.8 Å². The molecule has 3 rings (SSSR count). The summed E-state index contributed by atoms with van der Waals surface area (Å²) in [5, 5.41) is 3.22. The molecule has 138 valence electrons. The second kappa shape index (κ2) is 9.50. The van der Waals surface area contributed by atoms with E-state index in [4.69, 9.17) is 0 Å². The van der Waals surface area contributed by atoms with Crippen molar-refractivity contribution in [3.63, 3.8) is 0 Å². The highest BCUT2D eigenvalue weighted by molar-refractivity contribution is 5.85. The average Bonchev–Trinajstić information content (AvgIpc) is 3.18. The molecule has 1 aromatic heterocycles. The number of amides is 1. The molecule has 10 heteroatoms. The normalized spacial score (nSPS) is 21.5. The summed E-state index contributed by atoms with van der Waals surface area (Å²) in [6.45, 7) is 1.41. The summed E-state index contributed by atoms with van der Waals surface area (Å²) >= 11 is 0. The van der Waals surface area contributed by atoms with Crippen LogP contribution in [0.2, 0.25) is 0 Å². The fraction of sp³-hybridized carbons (Fsp3) is 0.714. The van der Waals surface area contributed by atoms with Crippen LogP contribution in [0.1, 0.15) is 25.2 Å². The maximum Gasteiger partial charge on any atom is 0.319 e. The summed E-state index contributed by atoms with van der Waals surface area (Å²) in [4.78, 5) is 20.2. The van der Waals surface area contributed by atoms with E-state index in [2.05, 4.69) is 15.2 Å².